The summed E-state index contributed by atoms with van der Waals surface area (Å²) in [5.41, 5.74) is 6.16. The van der Waals surface area contributed by atoms with Crippen molar-refractivity contribution in [3.8, 4) is 5.75 Å². The Morgan fingerprint density at radius 1 is 1.38 bits per heavy atom. The summed E-state index contributed by atoms with van der Waals surface area (Å²) in [5.74, 6) is -1.77. The van der Waals surface area contributed by atoms with Crippen LogP contribution >= 0.6 is 34.4 Å². The Hall–Kier alpha value is -3.76. The van der Waals surface area contributed by atoms with Crippen molar-refractivity contribution in [2.45, 2.75) is 24.9 Å². The van der Waals surface area contributed by atoms with E-state index in [4.69, 9.17) is 15.3 Å². The van der Waals surface area contributed by atoms with E-state index in [-0.39, 0.29) is 35.4 Å². The number of thiophene rings is 1. The van der Waals surface area contributed by atoms with Gasteiger partial charge in [-0.05, 0) is 13.0 Å². The standard InChI is InChI=1S/C23H21FN6O6S3/c1-2-36-28-15(13-8-39-23(25)26-13)18(31)27-16-19(32)30-17(22(33)34)11(7-37-21(16)30)6-29-5-3-4-12-14(35-10-24)9-38-20(12)29/h3-5,8-9,16,21H,2,6-7,10H2,1H3,(H3-,25,26,27,31,33,34)/p+1/b28-15-/t16?,21-/m1/s1. The SMILES string of the molecule is CCO/N=C(\C(=O)NC1C(=O)N2C(C(=O)O)=C(C[n+]3cccc4c(OCF)csc43)CS[C@H]12)c1csc(N)n1. The minimum absolute atomic E-state index is 0.119. The first-order valence-electron chi connectivity index (χ1n) is 11.5. The topological polar surface area (TPSA) is 160 Å². The van der Waals surface area contributed by atoms with E-state index in [1.165, 1.54) is 28.0 Å². The van der Waals surface area contributed by atoms with Gasteiger partial charge in [-0.15, -0.1) is 23.1 Å². The number of nitrogens with zero attached hydrogens (tertiary/aromatic N) is 4. The fourth-order valence-corrected chi connectivity index (χ4v) is 7.13. The number of rotatable bonds is 10. The molecule has 2 aliphatic heterocycles. The highest BCUT2D eigenvalue weighted by Gasteiger charge is 2.55. The molecular formula is C23H22FN6O6S3+. The second-order valence-corrected chi connectivity index (χ2v) is 11.1. The number of anilines is 1. The van der Waals surface area contributed by atoms with E-state index in [2.05, 4.69) is 15.5 Å². The Morgan fingerprint density at radius 2 is 2.21 bits per heavy atom. The zero-order valence-corrected chi connectivity index (χ0v) is 22.8. The van der Waals surface area contributed by atoms with Crippen molar-refractivity contribution in [2.75, 3.05) is 25.0 Å². The third-order valence-corrected chi connectivity index (χ3v) is 8.96. The highest BCUT2D eigenvalue weighted by molar-refractivity contribution is 8.00. The van der Waals surface area contributed by atoms with Crippen molar-refractivity contribution >= 4 is 73.3 Å². The van der Waals surface area contributed by atoms with Crippen LogP contribution in [0.25, 0.3) is 10.2 Å². The van der Waals surface area contributed by atoms with Crippen LogP contribution in [0.4, 0.5) is 9.52 Å². The third-order valence-electron chi connectivity index (χ3n) is 5.94. The number of thioether (sulfide) groups is 1. The Labute approximate surface area is 232 Å². The maximum Gasteiger partial charge on any atom is 0.352 e. The fourth-order valence-electron chi connectivity index (χ4n) is 4.27. The van der Waals surface area contributed by atoms with Gasteiger partial charge in [0.25, 0.3) is 16.6 Å². The van der Waals surface area contributed by atoms with Gasteiger partial charge in [0, 0.05) is 28.2 Å². The maximum atomic E-state index is 13.1. The van der Waals surface area contributed by atoms with Crippen molar-refractivity contribution in [1.82, 2.24) is 15.2 Å². The molecule has 3 aromatic rings. The molecule has 39 heavy (non-hydrogen) atoms. The van der Waals surface area contributed by atoms with E-state index in [0.717, 1.165) is 16.2 Å². The van der Waals surface area contributed by atoms with Gasteiger partial charge in [-0.3, -0.25) is 14.5 Å². The van der Waals surface area contributed by atoms with Crippen LogP contribution in [0.15, 0.2) is 45.5 Å². The van der Waals surface area contributed by atoms with E-state index in [9.17, 15) is 23.9 Å². The molecule has 0 aliphatic carbocycles. The van der Waals surface area contributed by atoms with Gasteiger partial charge in [-0.1, -0.05) is 16.5 Å². The van der Waals surface area contributed by atoms with Crippen molar-refractivity contribution in [2.24, 2.45) is 5.16 Å². The number of thiazole rings is 1. The minimum Gasteiger partial charge on any atom is -0.477 e. The number of β-lactam (4-membered cyclic amide) rings is 1. The number of carbonyl (C=O) groups excluding carboxylic acids is 2. The van der Waals surface area contributed by atoms with E-state index >= 15 is 0 Å². The number of hydrogen-bond donors (Lipinski definition) is 3. The summed E-state index contributed by atoms with van der Waals surface area (Å²) in [6.07, 6.45) is 1.78. The third kappa shape index (κ3) is 5.02. The summed E-state index contributed by atoms with van der Waals surface area (Å²) in [4.78, 5) is 49.6. The Morgan fingerprint density at radius 3 is 2.90 bits per heavy atom. The largest absolute Gasteiger partial charge is 0.477 e. The van der Waals surface area contributed by atoms with E-state index < -0.39 is 36.1 Å². The Balaban J connectivity index is 1.37. The predicted octanol–water partition coefficient (Wildman–Crippen LogP) is 1.71. The van der Waals surface area contributed by atoms with Gasteiger partial charge in [-0.25, -0.2) is 14.2 Å². The summed E-state index contributed by atoms with van der Waals surface area (Å²) in [6, 6.07) is 2.59. The smallest absolute Gasteiger partial charge is 0.352 e. The van der Waals surface area contributed by atoms with Crippen LogP contribution in [0.1, 0.15) is 12.6 Å². The minimum atomic E-state index is -1.25. The van der Waals surface area contributed by atoms with E-state index in [0.29, 0.717) is 22.5 Å². The van der Waals surface area contributed by atoms with Crippen LogP contribution in [-0.4, -0.2) is 69.1 Å². The van der Waals surface area contributed by atoms with Gasteiger partial charge in [-0.2, -0.15) is 4.57 Å². The number of aliphatic carboxylic acids is 1. The highest BCUT2D eigenvalue weighted by Crippen LogP contribution is 2.40. The van der Waals surface area contributed by atoms with Gasteiger partial charge < -0.3 is 25.7 Å². The van der Waals surface area contributed by atoms with Crippen LogP contribution < -0.4 is 20.4 Å². The number of nitrogen functional groups attached to an aromatic ring is 1. The molecule has 0 radical (unpaired) electrons. The second-order valence-electron chi connectivity index (χ2n) is 8.26. The molecule has 0 saturated carbocycles. The molecule has 16 heteroatoms. The number of alkyl halides is 1. The molecular weight excluding hydrogens is 571 g/mol. The first-order valence-corrected chi connectivity index (χ1v) is 14.3. The number of nitrogens with one attached hydrogen (secondary N) is 1. The lowest BCUT2D eigenvalue weighted by Gasteiger charge is -2.49. The molecule has 0 bridgehead atoms. The summed E-state index contributed by atoms with van der Waals surface area (Å²) in [6.45, 7) is 1.15. The molecule has 1 fully saturated rings. The number of nitrogens with two attached hydrogens (primary N) is 1. The number of carboxylic acid groups (broad SMARTS) is 1. The number of pyridine rings is 1. The molecule has 1 unspecified atom stereocenters. The lowest BCUT2D eigenvalue weighted by molar-refractivity contribution is -0.661. The first kappa shape index (κ1) is 26.8. The zero-order chi connectivity index (χ0) is 27.7. The molecule has 0 spiro atoms. The van der Waals surface area contributed by atoms with Crippen LogP contribution in [0.2, 0.25) is 0 Å². The van der Waals surface area contributed by atoms with Crippen molar-refractivity contribution < 1.29 is 38.0 Å². The van der Waals surface area contributed by atoms with E-state index in [1.54, 1.807) is 36.0 Å². The molecule has 4 N–H and O–H groups in total. The summed E-state index contributed by atoms with van der Waals surface area (Å²) in [5, 5.41) is 20.1. The van der Waals surface area contributed by atoms with Crippen LogP contribution in [0.5, 0.6) is 5.75 Å². The number of halogens is 1. The first-order chi connectivity index (χ1) is 18.8. The second kappa shape index (κ2) is 11.2. The Bertz CT molecular complexity index is 1520. The molecule has 5 heterocycles. The number of aromatic nitrogens is 2. The van der Waals surface area contributed by atoms with Crippen molar-refractivity contribution in [3.05, 3.63) is 46.1 Å². The summed E-state index contributed by atoms with van der Waals surface area (Å²) in [7, 11) is 0. The van der Waals surface area contributed by atoms with Crippen molar-refractivity contribution in [3.63, 3.8) is 0 Å². The molecule has 0 aromatic carbocycles. The van der Waals surface area contributed by atoms with Crippen molar-refractivity contribution in [1.29, 1.82) is 0 Å². The molecule has 204 valence electrons. The van der Waals surface area contributed by atoms with Gasteiger partial charge in [0.1, 0.15) is 40.5 Å². The number of oxime groups is 1. The van der Waals surface area contributed by atoms with E-state index in [1.807, 2.05) is 4.57 Å². The maximum absolute atomic E-state index is 13.1. The summed E-state index contributed by atoms with van der Waals surface area (Å²) < 4.78 is 19.6. The van der Waals surface area contributed by atoms with Gasteiger partial charge in [0.2, 0.25) is 6.86 Å². The number of carboxylic acids is 1. The lowest BCUT2D eigenvalue weighted by Crippen LogP contribution is -2.71. The molecule has 2 aliphatic rings. The average Bonchev–Trinajstić information content (AvgIpc) is 3.54. The quantitative estimate of drug-likeness (QED) is 0.138. The molecule has 1 saturated heterocycles. The van der Waals surface area contributed by atoms with Gasteiger partial charge in [0.15, 0.2) is 23.6 Å². The monoisotopic (exact) mass is 593 g/mol. The predicted molar refractivity (Wildman–Crippen MR) is 143 cm³/mol. The number of carbonyl (C=O) groups is 3. The Kier molecular flexibility index (Phi) is 7.67. The number of fused-ring (bicyclic) bond motifs is 2. The number of ether oxygens (including phenoxy) is 1. The molecule has 2 atom stereocenters. The fraction of sp³-hybridized carbons (Fsp3) is 0.304. The number of hydrogen-bond acceptors (Lipinski definition) is 11. The molecule has 12 nitrogen and oxygen atoms in total. The van der Waals surface area contributed by atoms with Crippen LogP contribution in [0, 0.1) is 0 Å². The normalized spacial score (nSPS) is 19.1. The van der Waals surface area contributed by atoms with Gasteiger partial charge >= 0.3 is 5.97 Å². The molecule has 5 rings (SSSR count). The lowest BCUT2D eigenvalue weighted by atomic mass is 10.0. The average molecular weight is 594 g/mol. The van der Waals surface area contributed by atoms with Crippen LogP contribution in [0.3, 0.4) is 0 Å². The molecule has 2 amide bonds. The van der Waals surface area contributed by atoms with Gasteiger partial charge in [0.05, 0.1) is 0 Å². The summed E-state index contributed by atoms with van der Waals surface area (Å²) >= 11 is 3.81. The zero-order valence-electron chi connectivity index (χ0n) is 20.3. The van der Waals surface area contributed by atoms with Crippen LogP contribution in [-0.2, 0) is 25.8 Å². The highest BCUT2D eigenvalue weighted by atomic mass is 32.2. The molecule has 3 aromatic heterocycles. The number of amides is 2.